The van der Waals surface area contributed by atoms with Crippen molar-refractivity contribution < 1.29 is 13.9 Å². The molecule has 0 unspecified atom stereocenters. The highest BCUT2D eigenvalue weighted by atomic mass is 19.1. The summed E-state index contributed by atoms with van der Waals surface area (Å²) in [7, 11) is 1.69. The molecule has 20 heavy (non-hydrogen) atoms. The van der Waals surface area contributed by atoms with E-state index in [1.165, 1.54) is 12.1 Å². The minimum Gasteiger partial charge on any atom is -0.493 e. The number of halogens is 1. The van der Waals surface area contributed by atoms with Crippen LogP contribution in [0.4, 0.5) is 4.39 Å². The molecule has 0 saturated heterocycles. The van der Waals surface area contributed by atoms with E-state index in [0.29, 0.717) is 31.6 Å². The monoisotopic (exact) mass is 278 g/mol. The van der Waals surface area contributed by atoms with Crippen molar-refractivity contribution in [2.24, 2.45) is 0 Å². The zero-order valence-corrected chi connectivity index (χ0v) is 11.8. The van der Waals surface area contributed by atoms with Crippen molar-refractivity contribution in [3.63, 3.8) is 0 Å². The highest BCUT2D eigenvalue weighted by Gasteiger charge is 2.14. The van der Waals surface area contributed by atoms with E-state index in [2.05, 4.69) is 0 Å². The van der Waals surface area contributed by atoms with E-state index in [4.69, 9.17) is 10.00 Å². The molecule has 0 spiro atoms. The Hall–Kier alpha value is -2.09. The number of amides is 1. The largest absolute Gasteiger partial charge is 0.493 e. The molecule has 0 heterocycles. The average Bonchev–Trinajstić information content (AvgIpc) is 2.43. The molecule has 0 aliphatic heterocycles. The number of ether oxygens (including phenoxy) is 1. The molecule has 0 fully saturated rings. The Balaban J connectivity index is 2.27. The second-order valence-corrected chi connectivity index (χ2v) is 4.63. The molecule has 108 valence electrons. The smallest absolute Gasteiger partial charge is 0.222 e. The molecule has 1 aromatic rings. The molecule has 0 aliphatic rings. The molecular formula is C15H19FN2O2. The van der Waals surface area contributed by atoms with E-state index in [0.717, 1.165) is 0 Å². The first-order valence-electron chi connectivity index (χ1n) is 6.55. The first-order valence-corrected chi connectivity index (χ1v) is 6.55. The lowest BCUT2D eigenvalue weighted by Crippen LogP contribution is -2.34. The van der Waals surface area contributed by atoms with Crippen molar-refractivity contribution in [2.75, 3.05) is 13.7 Å². The third kappa shape index (κ3) is 5.27. The summed E-state index contributed by atoms with van der Waals surface area (Å²) in [5.41, 5.74) is 0. The number of benzene rings is 1. The number of rotatable bonds is 7. The highest BCUT2D eigenvalue weighted by Crippen LogP contribution is 2.12. The summed E-state index contributed by atoms with van der Waals surface area (Å²) in [5.74, 6) is 0.0999. The predicted octanol–water partition coefficient (Wildman–Crippen LogP) is 2.75. The van der Waals surface area contributed by atoms with Gasteiger partial charge in [-0.25, -0.2) is 4.39 Å². The Morgan fingerprint density at radius 1 is 1.55 bits per heavy atom. The van der Waals surface area contributed by atoms with Crippen LogP contribution in [0.3, 0.4) is 0 Å². The molecule has 0 saturated carbocycles. The lowest BCUT2D eigenvalue weighted by molar-refractivity contribution is -0.131. The van der Waals surface area contributed by atoms with Crippen LogP contribution in [0.1, 0.15) is 26.2 Å². The maximum Gasteiger partial charge on any atom is 0.222 e. The van der Waals surface area contributed by atoms with Crippen molar-refractivity contribution in [2.45, 2.75) is 32.2 Å². The third-order valence-electron chi connectivity index (χ3n) is 3.04. The average molecular weight is 278 g/mol. The van der Waals surface area contributed by atoms with Crippen LogP contribution < -0.4 is 4.74 Å². The standard InChI is InChI=1S/C15H19FN2O2/c1-12(8-9-17)18(2)15(19)7-4-10-20-14-6-3-5-13(16)11-14/h3,5-6,11-12H,4,7-8,10H2,1-2H3/t12-/m1/s1. The SMILES string of the molecule is C[C@H](CC#N)N(C)C(=O)CCCOc1cccc(F)c1. The molecule has 0 aliphatic carbocycles. The van der Waals surface area contributed by atoms with Crippen LogP contribution in [0.25, 0.3) is 0 Å². The van der Waals surface area contributed by atoms with Gasteiger partial charge in [-0.05, 0) is 25.5 Å². The van der Waals surface area contributed by atoms with E-state index in [9.17, 15) is 9.18 Å². The molecule has 5 heteroatoms. The van der Waals surface area contributed by atoms with Gasteiger partial charge in [0.2, 0.25) is 5.91 Å². The summed E-state index contributed by atoms with van der Waals surface area (Å²) in [5, 5.41) is 8.59. The Bertz CT molecular complexity index is 485. The van der Waals surface area contributed by atoms with Crippen molar-refractivity contribution >= 4 is 5.91 Å². The van der Waals surface area contributed by atoms with Crippen LogP contribution in [0.2, 0.25) is 0 Å². The Labute approximate surface area is 118 Å². The molecule has 0 bridgehead atoms. The maximum atomic E-state index is 12.9. The van der Waals surface area contributed by atoms with E-state index in [1.54, 1.807) is 24.1 Å². The number of nitriles is 1. The molecule has 4 nitrogen and oxygen atoms in total. The van der Waals surface area contributed by atoms with Gasteiger partial charge < -0.3 is 9.64 Å². The van der Waals surface area contributed by atoms with E-state index >= 15 is 0 Å². The van der Waals surface area contributed by atoms with Crippen LogP contribution in [0.15, 0.2) is 24.3 Å². The van der Waals surface area contributed by atoms with Gasteiger partial charge in [-0.2, -0.15) is 5.26 Å². The number of hydrogen-bond donors (Lipinski definition) is 0. The zero-order chi connectivity index (χ0) is 15.0. The molecule has 1 rings (SSSR count). The van der Waals surface area contributed by atoms with E-state index in [1.807, 2.05) is 13.0 Å². The number of nitrogens with zero attached hydrogens (tertiary/aromatic N) is 2. The van der Waals surface area contributed by atoms with Gasteiger partial charge in [0.25, 0.3) is 0 Å². The van der Waals surface area contributed by atoms with Crippen LogP contribution in [-0.4, -0.2) is 30.5 Å². The van der Waals surface area contributed by atoms with Gasteiger partial charge in [0, 0.05) is 25.6 Å². The highest BCUT2D eigenvalue weighted by molar-refractivity contribution is 5.76. The van der Waals surface area contributed by atoms with Gasteiger partial charge in [-0.15, -0.1) is 0 Å². The van der Waals surface area contributed by atoms with Crippen LogP contribution in [-0.2, 0) is 4.79 Å². The summed E-state index contributed by atoms with van der Waals surface area (Å²) >= 11 is 0. The minimum atomic E-state index is -0.344. The summed E-state index contributed by atoms with van der Waals surface area (Å²) < 4.78 is 18.3. The van der Waals surface area contributed by atoms with E-state index < -0.39 is 0 Å². The Kier molecular flexibility index (Phi) is 6.51. The first kappa shape index (κ1) is 16.0. The van der Waals surface area contributed by atoms with Crippen molar-refractivity contribution in [3.05, 3.63) is 30.1 Å². The maximum absolute atomic E-state index is 12.9. The van der Waals surface area contributed by atoms with Gasteiger partial charge in [-0.1, -0.05) is 6.07 Å². The quantitative estimate of drug-likeness (QED) is 0.721. The van der Waals surface area contributed by atoms with Gasteiger partial charge in [0.1, 0.15) is 11.6 Å². The summed E-state index contributed by atoms with van der Waals surface area (Å²) in [6, 6.07) is 7.86. The number of hydrogen-bond acceptors (Lipinski definition) is 3. The number of carbonyl (C=O) groups excluding carboxylic acids is 1. The lowest BCUT2D eigenvalue weighted by atomic mass is 10.2. The normalized spacial score (nSPS) is 11.5. The molecule has 0 aromatic heterocycles. The Morgan fingerprint density at radius 2 is 2.30 bits per heavy atom. The summed E-state index contributed by atoms with van der Waals surface area (Å²) in [6.45, 7) is 2.19. The number of carbonyl (C=O) groups is 1. The van der Waals surface area contributed by atoms with Gasteiger partial charge in [0.05, 0.1) is 19.1 Å². The molecule has 1 atom stereocenters. The fourth-order valence-corrected chi connectivity index (χ4v) is 1.66. The zero-order valence-electron chi connectivity index (χ0n) is 11.8. The van der Waals surface area contributed by atoms with Gasteiger partial charge in [0.15, 0.2) is 0 Å². The summed E-state index contributed by atoms with van der Waals surface area (Å²) in [4.78, 5) is 13.4. The second kappa shape index (κ2) is 8.16. The van der Waals surface area contributed by atoms with Crippen molar-refractivity contribution in [1.82, 2.24) is 4.90 Å². The summed E-state index contributed by atoms with van der Waals surface area (Å²) in [6.07, 6.45) is 1.22. The lowest BCUT2D eigenvalue weighted by Gasteiger charge is -2.22. The molecule has 0 radical (unpaired) electrons. The molecular weight excluding hydrogens is 259 g/mol. The molecule has 1 aromatic carbocycles. The second-order valence-electron chi connectivity index (χ2n) is 4.63. The van der Waals surface area contributed by atoms with Crippen LogP contribution >= 0.6 is 0 Å². The van der Waals surface area contributed by atoms with E-state index in [-0.39, 0.29) is 17.8 Å². The van der Waals surface area contributed by atoms with Gasteiger partial charge in [-0.3, -0.25) is 4.79 Å². The van der Waals surface area contributed by atoms with Crippen molar-refractivity contribution in [3.8, 4) is 11.8 Å². The van der Waals surface area contributed by atoms with Crippen LogP contribution in [0.5, 0.6) is 5.75 Å². The fourth-order valence-electron chi connectivity index (χ4n) is 1.66. The fraction of sp³-hybridized carbons (Fsp3) is 0.467. The third-order valence-corrected chi connectivity index (χ3v) is 3.04. The minimum absolute atomic E-state index is 0.0180. The Morgan fingerprint density at radius 3 is 2.95 bits per heavy atom. The topological polar surface area (TPSA) is 53.3 Å². The first-order chi connectivity index (χ1) is 9.54. The molecule has 0 N–H and O–H groups in total. The van der Waals surface area contributed by atoms with Gasteiger partial charge >= 0.3 is 0 Å². The predicted molar refractivity (Wildman–Crippen MR) is 73.6 cm³/mol. The molecule has 1 amide bonds. The van der Waals surface area contributed by atoms with Crippen LogP contribution in [0, 0.1) is 17.1 Å². The van der Waals surface area contributed by atoms with Crippen molar-refractivity contribution in [1.29, 1.82) is 5.26 Å².